The van der Waals surface area contributed by atoms with Gasteiger partial charge in [-0.1, -0.05) is 24.3 Å². The monoisotopic (exact) mass is 382 g/mol. The molecule has 0 fully saturated rings. The van der Waals surface area contributed by atoms with Crippen molar-refractivity contribution in [2.75, 3.05) is 11.1 Å². The third kappa shape index (κ3) is 2.75. The van der Waals surface area contributed by atoms with Crippen LogP contribution in [-0.2, 0) is 12.8 Å². The van der Waals surface area contributed by atoms with E-state index in [2.05, 4.69) is 29.6 Å². The van der Waals surface area contributed by atoms with Crippen LogP contribution in [0.2, 0.25) is 0 Å². The number of rotatable bonds is 2. The van der Waals surface area contributed by atoms with Gasteiger partial charge in [0.05, 0.1) is 14.9 Å². The third-order valence-corrected chi connectivity index (χ3v) is 4.63. The average molecular weight is 382 g/mol. The van der Waals surface area contributed by atoms with Crippen LogP contribution in [0.5, 0.6) is 0 Å². The number of benzene rings is 2. The van der Waals surface area contributed by atoms with E-state index in [-0.39, 0.29) is 5.82 Å². The number of fused-ring (bicyclic) bond motifs is 1. The van der Waals surface area contributed by atoms with Crippen molar-refractivity contribution in [3.8, 4) is 0 Å². The molecule has 4 heteroatoms. The molecular formula is C16H16FIN2. The first-order chi connectivity index (χ1) is 9.63. The molecule has 1 unspecified atom stereocenters. The summed E-state index contributed by atoms with van der Waals surface area (Å²) in [5, 5.41) is 3.39. The molecule has 0 saturated carbocycles. The van der Waals surface area contributed by atoms with Gasteiger partial charge in [-0.25, -0.2) is 4.39 Å². The highest BCUT2D eigenvalue weighted by Gasteiger charge is 2.19. The Morgan fingerprint density at radius 3 is 2.75 bits per heavy atom. The molecule has 2 aromatic rings. The van der Waals surface area contributed by atoms with Gasteiger partial charge in [-0.05, 0) is 59.0 Å². The molecule has 1 atom stereocenters. The minimum absolute atomic E-state index is 0.224. The highest BCUT2D eigenvalue weighted by atomic mass is 127. The second kappa shape index (κ2) is 5.60. The van der Waals surface area contributed by atoms with Gasteiger partial charge in [0.15, 0.2) is 0 Å². The van der Waals surface area contributed by atoms with Gasteiger partial charge < -0.3 is 11.1 Å². The van der Waals surface area contributed by atoms with Crippen LogP contribution < -0.4 is 11.1 Å². The van der Waals surface area contributed by atoms with Crippen molar-refractivity contribution in [2.45, 2.75) is 25.3 Å². The maximum absolute atomic E-state index is 13.6. The van der Waals surface area contributed by atoms with E-state index in [0.29, 0.717) is 21.0 Å². The highest BCUT2D eigenvalue weighted by molar-refractivity contribution is 14.1. The summed E-state index contributed by atoms with van der Waals surface area (Å²) < 4.78 is 14.2. The number of hydrogen-bond donors (Lipinski definition) is 2. The van der Waals surface area contributed by atoms with Crippen molar-refractivity contribution in [3.05, 3.63) is 56.9 Å². The minimum atomic E-state index is -0.224. The molecule has 2 nitrogen and oxygen atoms in total. The summed E-state index contributed by atoms with van der Waals surface area (Å²) >= 11 is 1.95. The fourth-order valence-corrected chi connectivity index (χ4v) is 3.22. The molecule has 3 N–H and O–H groups in total. The standard InChI is InChI=1S/C16H16FIN2/c17-13-8-16(15(19)9-14(13)18)20-12-6-5-10-3-1-2-4-11(10)7-12/h1-4,8-9,12,20H,5-7,19H2. The number of nitrogen functional groups attached to an aromatic ring is 1. The number of aryl methyl sites for hydroxylation is 1. The summed E-state index contributed by atoms with van der Waals surface area (Å²) in [4.78, 5) is 0. The Balaban J connectivity index is 1.78. The fraction of sp³-hybridized carbons (Fsp3) is 0.250. The number of nitrogens with two attached hydrogens (primary N) is 1. The largest absolute Gasteiger partial charge is 0.397 e. The Morgan fingerprint density at radius 2 is 1.95 bits per heavy atom. The average Bonchev–Trinajstić information content (AvgIpc) is 2.44. The van der Waals surface area contributed by atoms with Gasteiger partial charge in [-0.2, -0.15) is 0 Å². The van der Waals surface area contributed by atoms with Crippen molar-refractivity contribution < 1.29 is 4.39 Å². The lowest BCUT2D eigenvalue weighted by Crippen LogP contribution is -2.27. The van der Waals surface area contributed by atoms with Crippen molar-refractivity contribution in [3.63, 3.8) is 0 Å². The normalized spacial score (nSPS) is 17.6. The topological polar surface area (TPSA) is 38.0 Å². The number of hydrogen-bond acceptors (Lipinski definition) is 2. The van der Waals surface area contributed by atoms with Crippen molar-refractivity contribution >= 4 is 34.0 Å². The van der Waals surface area contributed by atoms with E-state index in [4.69, 9.17) is 5.73 Å². The summed E-state index contributed by atoms with van der Waals surface area (Å²) in [6, 6.07) is 12.0. The van der Waals surface area contributed by atoms with Crippen LogP contribution in [0.4, 0.5) is 15.8 Å². The maximum Gasteiger partial charge on any atom is 0.138 e. The maximum atomic E-state index is 13.6. The molecule has 20 heavy (non-hydrogen) atoms. The molecule has 0 aliphatic heterocycles. The van der Waals surface area contributed by atoms with E-state index >= 15 is 0 Å². The lowest BCUT2D eigenvalue weighted by molar-refractivity contribution is 0.605. The van der Waals surface area contributed by atoms with E-state index in [1.54, 1.807) is 6.07 Å². The van der Waals surface area contributed by atoms with E-state index < -0.39 is 0 Å². The van der Waals surface area contributed by atoms with Crippen molar-refractivity contribution in [1.29, 1.82) is 0 Å². The molecule has 0 spiro atoms. The molecule has 104 valence electrons. The molecule has 0 bridgehead atoms. The van der Waals surface area contributed by atoms with Gasteiger partial charge in [0, 0.05) is 12.1 Å². The molecule has 1 aliphatic carbocycles. The van der Waals surface area contributed by atoms with Gasteiger partial charge in [-0.15, -0.1) is 0 Å². The van der Waals surface area contributed by atoms with Gasteiger partial charge in [0.1, 0.15) is 5.82 Å². The molecule has 0 saturated heterocycles. The van der Waals surface area contributed by atoms with Gasteiger partial charge >= 0.3 is 0 Å². The third-order valence-electron chi connectivity index (χ3n) is 3.80. The second-order valence-electron chi connectivity index (χ2n) is 5.21. The molecule has 0 aromatic heterocycles. The summed E-state index contributed by atoms with van der Waals surface area (Å²) in [6.07, 6.45) is 3.06. The first-order valence-electron chi connectivity index (χ1n) is 6.71. The van der Waals surface area contributed by atoms with Crippen molar-refractivity contribution in [1.82, 2.24) is 0 Å². The molecule has 0 heterocycles. The van der Waals surface area contributed by atoms with Crippen molar-refractivity contribution in [2.24, 2.45) is 0 Å². The van der Waals surface area contributed by atoms with Crippen LogP contribution >= 0.6 is 22.6 Å². The summed E-state index contributed by atoms with van der Waals surface area (Å²) in [6.45, 7) is 0. The Bertz CT molecular complexity index is 642. The Kier molecular flexibility index (Phi) is 3.83. The molecule has 3 rings (SSSR count). The Labute approximate surface area is 131 Å². The molecule has 0 radical (unpaired) electrons. The Hall–Kier alpha value is -1.30. The minimum Gasteiger partial charge on any atom is -0.397 e. The van der Waals surface area contributed by atoms with Crippen LogP contribution in [0.1, 0.15) is 17.5 Å². The first kappa shape index (κ1) is 13.7. The van der Waals surface area contributed by atoms with Gasteiger partial charge in [-0.3, -0.25) is 0 Å². The first-order valence-corrected chi connectivity index (χ1v) is 7.79. The van der Waals surface area contributed by atoms with Crippen LogP contribution in [0.3, 0.4) is 0 Å². The van der Waals surface area contributed by atoms with E-state index in [1.165, 1.54) is 17.2 Å². The lowest BCUT2D eigenvalue weighted by atomic mass is 9.88. The molecular weight excluding hydrogens is 366 g/mol. The number of anilines is 2. The van der Waals surface area contributed by atoms with E-state index in [9.17, 15) is 4.39 Å². The predicted octanol–water partition coefficient (Wildman–Crippen LogP) is 3.98. The van der Waals surface area contributed by atoms with Gasteiger partial charge in [0.25, 0.3) is 0 Å². The zero-order valence-electron chi connectivity index (χ0n) is 11.0. The van der Waals surface area contributed by atoms with Crippen LogP contribution in [0.15, 0.2) is 36.4 Å². The smallest absolute Gasteiger partial charge is 0.138 e. The van der Waals surface area contributed by atoms with Crippen LogP contribution in [0.25, 0.3) is 0 Å². The van der Waals surface area contributed by atoms with Gasteiger partial charge in [0.2, 0.25) is 0 Å². The molecule has 2 aromatic carbocycles. The van der Waals surface area contributed by atoms with Crippen LogP contribution in [0, 0.1) is 9.39 Å². The van der Waals surface area contributed by atoms with Crippen LogP contribution in [-0.4, -0.2) is 6.04 Å². The fourth-order valence-electron chi connectivity index (χ4n) is 2.73. The Morgan fingerprint density at radius 1 is 1.20 bits per heavy atom. The zero-order chi connectivity index (χ0) is 14.1. The zero-order valence-corrected chi connectivity index (χ0v) is 13.2. The summed E-state index contributed by atoms with van der Waals surface area (Å²) in [7, 11) is 0. The lowest BCUT2D eigenvalue weighted by Gasteiger charge is -2.27. The molecule has 0 amide bonds. The molecule has 1 aliphatic rings. The van der Waals surface area contributed by atoms with E-state index in [1.807, 2.05) is 22.6 Å². The predicted molar refractivity (Wildman–Crippen MR) is 89.4 cm³/mol. The number of halogens is 2. The summed E-state index contributed by atoms with van der Waals surface area (Å²) in [5.41, 5.74) is 10.1. The SMILES string of the molecule is Nc1cc(I)c(F)cc1NC1CCc2ccccc2C1. The number of nitrogens with one attached hydrogen (secondary N) is 1. The van der Waals surface area contributed by atoms with E-state index in [0.717, 1.165) is 19.3 Å². The summed E-state index contributed by atoms with van der Waals surface area (Å²) in [5.74, 6) is -0.224. The second-order valence-corrected chi connectivity index (χ2v) is 6.37. The highest BCUT2D eigenvalue weighted by Crippen LogP contribution is 2.28. The quantitative estimate of drug-likeness (QED) is 0.609.